The molecule has 0 bridgehead atoms. The second-order valence-electron chi connectivity index (χ2n) is 4.29. The molecule has 0 aliphatic heterocycles. The molecular formula is C15H19N. The summed E-state index contributed by atoms with van der Waals surface area (Å²) in [6.07, 6.45) is 7.78. The standard InChI is InChI=1S/C15H19N/c1-3-16-14-10-8-13(9-11-14)15-7-5-4-6-12(15)2/h4-5,7-12,16H,3,6H2,1-2H3/t12-/m0/s1. The number of allylic oxidation sites excluding steroid dienone is 4. The van der Waals surface area contributed by atoms with Gasteiger partial charge in [-0.05, 0) is 42.5 Å². The Morgan fingerprint density at radius 3 is 2.62 bits per heavy atom. The Morgan fingerprint density at radius 1 is 1.25 bits per heavy atom. The van der Waals surface area contributed by atoms with Crippen LogP contribution in [0, 0.1) is 5.92 Å². The van der Waals surface area contributed by atoms with E-state index in [0.29, 0.717) is 5.92 Å². The average Bonchev–Trinajstić information content (AvgIpc) is 2.31. The van der Waals surface area contributed by atoms with Crippen LogP contribution in [0.25, 0.3) is 5.57 Å². The molecule has 0 aromatic heterocycles. The molecule has 0 unspecified atom stereocenters. The molecule has 0 radical (unpaired) electrons. The van der Waals surface area contributed by atoms with Crippen LogP contribution in [0.5, 0.6) is 0 Å². The van der Waals surface area contributed by atoms with Gasteiger partial charge in [0, 0.05) is 12.2 Å². The van der Waals surface area contributed by atoms with Gasteiger partial charge in [0.05, 0.1) is 0 Å². The molecule has 1 atom stereocenters. The lowest BCUT2D eigenvalue weighted by molar-refractivity contribution is 0.758. The predicted molar refractivity (Wildman–Crippen MR) is 71.5 cm³/mol. The van der Waals surface area contributed by atoms with E-state index in [1.165, 1.54) is 16.8 Å². The Kier molecular flexibility index (Phi) is 3.45. The summed E-state index contributed by atoms with van der Waals surface area (Å²) in [6.45, 7) is 5.37. The van der Waals surface area contributed by atoms with Gasteiger partial charge < -0.3 is 5.32 Å². The molecule has 0 saturated carbocycles. The van der Waals surface area contributed by atoms with E-state index in [2.05, 4.69) is 61.7 Å². The van der Waals surface area contributed by atoms with Crippen LogP contribution in [0.3, 0.4) is 0 Å². The molecule has 1 nitrogen and oxygen atoms in total. The van der Waals surface area contributed by atoms with E-state index in [4.69, 9.17) is 0 Å². The molecule has 0 amide bonds. The molecular weight excluding hydrogens is 194 g/mol. The molecule has 84 valence electrons. The van der Waals surface area contributed by atoms with E-state index in [9.17, 15) is 0 Å². The maximum absolute atomic E-state index is 3.32. The molecule has 16 heavy (non-hydrogen) atoms. The minimum absolute atomic E-state index is 0.634. The lowest BCUT2D eigenvalue weighted by atomic mass is 9.88. The first-order chi connectivity index (χ1) is 7.81. The quantitative estimate of drug-likeness (QED) is 0.797. The molecule has 0 spiro atoms. The summed E-state index contributed by atoms with van der Waals surface area (Å²) in [5.74, 6) is 0.634. The van der Waals surface area contributed by atoms with Crippen molar-refractivity contribution in [3.05, 3.63) is 48.1 Å². The van der Waals surface area contributed by atoms with E-state index >= 15 is 0 Å². The van der Waals surface area contributed by atoms with Gasteiger partial charge in [-0.1, -0.05) is 37.3 Å². The molecule has 0 fully saturated rings. The number of benzene rings is 1. The Morgan fingerprint density at radius 2 is 2.00 bits per heavy atom. The van der Waals surface area contributed by atoms with Gasteiger partial charge in [-0.25, -0.2) is 0 Å². The zero-order valence-electron chi connectivity index (χ0n) is 10.0. The minimum Gasteiger partial charge on any atom is -0.385 e. The highest BCUT2D eigenvalue weighted by Crippen LogP contribution is 2.29. The maximum Gasteiger partial charge on any atom is 0.0340 e. The second-order valence-corrected chi connectivity index (χ2v) is 4.29. The Labute approximate surface area is 97.9 Å². The summed E-state index contributed by atoms with van der Waals surface area (Å²) in [5, 5.41) is 3.32. The molecule has 1 aromatic carbocycles. The first-order valence-electron chi connectivity index (χ1n) is 6.02. The van der Waals surface area contributed by atoms with Crippen LogP contribution in [-0.4, -0.2) is 6.54 Å². The fourth-order valence-electron chi connectivity index (χ4n) is 2.11. The van der Waals surface area contributed by atoms with E-state index in [1.54, 1.807) is 0 Å². The highest BCUT2D eigenvalue weighted by atomic mass is 14.8. The van der Waals surface area contributed by atoms with Crippen molar-refractivity contribution >= 4 is 11.3 Å². The van der Waals surface area contributed by atoms with Crippen molar-refractivity contribution in [3.8, 4) is 0 Å². The molecule has 1 heteroatoms. The maximum atomic E-state index is 3.32. The Hall–Kier alpha value is -1.50. The van der Waals surface area contributed by atoms with Crippen molar-refractivity contribution in [2.24, 2.45) is 5.92 Å². The first-order valence-corrected chi connectivity index (χ1v) is 6.02. The molecule has 0 heterocycles. The van der Waals surface area contributed by atoms with Crippen molar-refractivity contribution < 1.29 is 0 Å². The van der Waals surface area contributed by atoms with Gasteiger partial charge >= 0.3 is 0 Å². The second kappa shape index (κ2) is 5.02. The molecule has 1 aliphatic carbocycles. The van der Waals surface area contributed by atoms with Crippen molar-refractivity contribution in [3.63, 3.8) is 0 Å². The number of hydrogen-bond donors (Lipinski definition) is 1. The SMILES string of the molecule is CCNc1ccc(C2=CC=CC[C@@H]2C)cc1. The van der Waals surface area contributed by atoms with Crippen LogP contribution in [0.1, 0.15) is 25.8 Å². The van der Waals surface area contributed by atoms with Crippen molar-refractivity contribution in [1.82, 2.24) is 0 Å². The van der Waals surface area contributed by atoms with Crippen molar-refractivity contribution in [2.45, 2.75) is 20.3 Å². The highest BCUT2D eigenvalue weighted by molar-refractivity contribution is 5.71. The highest BCUT2D eigenvalue weighted by Gasteiger charge is 2.11. The topological polar surface area (TPSA) is 12.0 Å². The van der Waals surface area contributed by atoms with E-state index in [-0.39, 0.29) is 0 Å². The first kappa shape index (κ1) is 11.0. The van der Waals surface area contributed by atoms with Gasteiger partial charge in [0.2, 0.25) is 0 Å². The number of hydrogen-bond acceptors (Lipinski definition) is 1. The molecule has 0 saturated heterocycles. The average molecular weight is 213 g/mol. The fourth-order valence-corrected chi connectivity index (χ4v) is 2.11. The third-order valence-corrected chi connectivity index (χ3v) is 3.03. The van der Waals surface area contributed by atoms with Crippen molar-refractivity contribution in [1.29, 1.82) is 0 Å². The van der Waals surface area contributed by atoms with Crippen LogP contribution in [0.2, 0.25) is 0 Å². The van der Waals surface area contributed by atoms with Crippen LogP contribution in [0.15, 0.2) is 42.5 Å². The van der Waals surface area contributed by atoms with Crippen LogP contribution < -0.4 is 5.32 Å². The largest absolute Gasteiger partial charge is 0.385 e. The Bertz CT molecular complexity index is 398. The third kappa shape index (κ3) is 2.35. The summed E-state index contributed by atoms with van der Waals surface area (Å²) < 4.78 is 0. The molecule has 2 rings (SSSR count). The lowest BCUT2D eigenvalue weighted by Gasteiger charge is -2.17. The molecule has 1 aromatic rings. The summed E-state index contributed by atoms with van der Waals surface area (Å²) in [4.78, 5) is 0. The van der Waals surface area contributed by atoms with Crippen LogP contribution >= 0.6 is 0 Å². The number of nitrogens with one attached hydrogen (secondary N) is 1. The van der Waals surface area contributed by atoms with Crippen LogP contribution in [0.4, 0.5) is 5.69 Å². The summed E-state index contributed by atoms with van der Waals surface area (Å²) in [6, 6.07) is 8.73. The van der Waals surface area contributed by atoms with Gasteiger partial charge in [0.1, 0.15) is 0 Å². The van der Waals surface area contributed by atoms with Crippen molar-refractivity contribution in [2.75, 3.05) is 11.9 Å². The monoisotopic (exact) mass is 213 g/mol. The zero-order chi connectivity index (χ0) is 11.4. The Balaban J connectivity index is 2.21. The number of rotatable bonds is 3. The van der Waals surface area contributed by atoms with Gasteiger partial charge in [-0.15, -0.1) is 0 Å². The van der Waals surface area contributed by atoms with E-state index in [0.717, 1.165) is 13.0 Å². The fraction of sp³-hybridized carbons (Fsp3) is 0.333. The summed E-state index contributed by atoms with van der Waals surface area (Å²) >= 11 is 0. The van der Waals surface area contributed by atoms with Gasteiger partial charge in [0.25, 0.3) is 0 Å². The van der Waals surface area contributed by atoms with Gasteiger partial charge in [-0.3, -0.25) is 0 Å². The normalized spacial score (nSPS) is 19.4. The van der Waals surface area contributed by atoms with Crippen LogP contribution in [-0.2, 0) is 0 Å². The molecule has 1 N–H and O–H groups in total. The lowest BCUT2D eigenvalue weighted by Crippen LogP contribution is -2.01. The number of anilines is 1. The van der Waals surface area contributed by atoms with Gasteiger partial charge in [0.15, 0.2) is 0 Å². The third-order valence-electron chi connectivity index (χ3n) is 3.03. The summed E-state index contributed by atoms with van der Waals surface area (Å²) in [7, 11) is 0. The van der Waals surface area contributed by atoms with E-state index < -0.39 is 0 Å². The van der Waals surface area contributed by atoms with Gasteiger partial charge in [-0.2, -0.15) is 0 Å². The predicted octanol–water partition coefficient (Wildman–Crippen LogP) is 4.10. The molecule has 1 aliphatic rings. The smallest absolute Gasteiger partial charge is 0.0340 e. The van der Waals surface area contributed by atoms with E-state index in [1.807, 2.05) is 0 Å². The minimum atomic E-state index is 0.634. The zero-order valence-corrected chi connectivity index (χ0v) is 10.0. The summed E-state index contributed by atoms with van der Waals surface area (Å²) in [5.41, 5.74) is 4.00.